The molecule has 0 saturated carbocycles. The van der Waals surface area contributed by atoms with E-state index in [1.54, 1.807) is 0 Å². The zero-order valence-corrected chi connectivity index (χ0v) is 18.5. The van der Waals surface area contributed by atoms with Crippen LogP contribution < -0.4 is 0 Å². The predicted molar refractivity (Wildman–Crippen MR) is 115 cm³/mol. The highest BCUT2D eigenvalue weighted by atomic mass is 32.2. The van der Waals surface area contributed by atoms with Gasteiger partial charge in [-0.1, -0.05) is 97.0 Å². The van der Waals surface area contributed by atoms with Gasteiger partial charge in [-0.05, 0) is 42.9 Å². The van der Waals surface area contributed by atoms with Crippen LogP contribution in [0.5, 0.6) is 0 Å². The first-order chi connectivity index (χ1) is 13.1. The first kappa shape index (κ1) is 22.5. The summed E-state index contributed by atoms with van der Waals surface area (Å²) in [7, 11) is -3.03. The van der Waals surface area contributed by atoms with Crippen molar-refractivity contribution >= 4 is 9.84 Å². The summed E-state index contributed by atoms with van der Waals surface area (Å²) in [6.07, 6.45) is 20.1. The SMILES string of the molecule is CCCCCCCCCCCCc1c(CCCCCC)ccc2c1S2(=O)=O. The van der Waals surface area contributed by atoms with E-state index in [4.69, 9.17) is 0 Å². The van der Waals surface area contributed by atoms with Gasteiger partial charge in [0.05, 0.1) is 9.79 Å². The van der Waals surface area contributed by atoms with Gasteiger partial charge in [0.25, 0.3) is 0 Å². The lowest BCUT2D eigenvalue weighted by atomic mass is 9.96. The average Bonchev–Trinajstić information content (AvgIpc) is 3.22. The lowest BCUT2D eigenvalue weighted by Crippen LogP contribution is -1.96. The van der Waals surface area contributed by atoms with Crippen molar-refractivity contribution in [2.75, 3.05) is 0 Å². The molecule has 0 aliphatic carbocycles. The molecule has 0 aromatic heterocycles. The number of hydrogen-bond acceptors (Lipinski definition) is 2. The molecule has 27 heavy (non-hydrogen) atoms. The molecule has 0 N–H and O–H groups in total. The molecule has 3 heteroatoms. The second kappa shape index (κ2) is 11.9. The van der Waals surface area contributed by atoms with Crippen LogP contribution >= 0.6 is 0 Å². The zero-order chi connectivity index (χ0) is 19.5. The maximum absolute atomic E-state index is 12.2. The van der Waals surface area contributed by atoms with Gasteiger partial charge in [0, 0.05) is 0 Å². The molecule has 0 spiro atoms. The van der Waals surface area contributed by atoms with Crippen molar-refractivity contribution in [2.45, 2.75) is 126 Å². The Kier molecular flexibility index (Phi) is 9.89. The lowest BCUT2D eigenvalue weighted by Gasteiger charge is -2.08. The third-order valence-corrected chi connectivity index (χ3v) is 7.64. The van der Waals surface area contributed by atoms with Crippen LogP contribution in [0, 0.1) is 0 Å². The maximum Gasteiger partial charge on any atom is 0.209 e. The molecule has 1 aromatic carbocycles. The summed E-state index contributed by atoms with van der Waals surface area (Å²) >= 11 is 0. The summed E-state index contributed by atoms with van der Waals surface area (Å²) in [5.41, 5.74) is 2.45. The third-order valence-electron chi connectivity index (χ3n) is 5.92. The molecule has 154 valence electrons. The van der Waals surface area contributed by atoms with Crippen molar-refractivity contribution in [2.24, 2.45) is 0 Å². The fourth-order valence-electron chi connectivity index (χ4n) is 4.15. The van der Waals surface area contributed by atoms with E-state index in [2.05, 4.69) is 19.9 Å². The topological polar surface area (TPSA) is 34.1 Å². The summed E-state index contributed by atoms with van der Waals surface area (Å²) in [6.45, 7) is 4.49. The van der Waals surface area contributed by atoms with Gasteiger partial charge in [0.2, 0.25) is 9.84 Å². The standard InChI is InChI=1S/C24H40O2S/c1-3-5-7-9-10-11-12-13-14-16-18-22-21(17-15-8-6-4-2)19-20-23-24(22)27(23,25)26/h19-20H,3-18H2,1-2H3. The number of rotatable bonds is 16. The van der Waals surface area contributed by atoms with E-state index in [-0.39, 0.29) is 0 Å². The molecule has 1 aliphatic rings. The van der Waals surface area contributed by atoms with E-state index in [0.717, 1.165) is 24.8 Å². The minimum absolute atomic E-state index is 0.599. The van der Waals surface area contributed by atoms with Gasteiger partial charge >= 0.3 is 0 Å². The van der Waals surface area contributed by atoms with Crippen molar-refractivity contribution in [3.63, 3.8) is 0 Å². The van der Waals surface area contributed by atoms with Crippen LogP contribution in [0.3, 0.4) is 0 Å². The fourth-order valence-corrected chi connectivity index (χ4v) is 5.76. The van der Waals surface area contributed by atoms with Crippen LogP contribution in [0.25, 0.3) is 0 Å². The Morgan fingerprint density at radius 3 is 1.70 bits per heavy atom. The molecule has 1 heterocycles. The van der Waals surface area contributed by atoms with E-state index >= 15 is 0 Å². The number of fused-ring (bicyclic) bond motifs is 1. The summed E-state index contributed by atoms with van der Waals surface area (Å²) in [5.74, 6) is 0. The first-order valence-corrected chi connectivity index (χ1v) is 13.0. The quantitative estimate of drug-likeness (QED) is 0.220. The minimum atomic E-state index is -3.03. The van der Waals surface area contributed by atoms with Gasteiger partial charge in [-0.25, -0.2) is 8.42 Å². The van der Waals surface area contributed by atoms with Crippen LogP contribution in [-0.2, 0) is 22.7 Å². The van der Waals surface area contributed by atoms with Gasteiger partial charge in [0.15, 0.2) is 0 Å². The molecule has 0 amide bonds. The van der Waals surface area contributed by atoms with Crippen molar-refractivity contribution in [3.05, 3.63) is 23.3 Å². The molecule has 0 saturated heterocycles. The summed E-state index contributed by atoms with van der Waals surface area (Å²) in [5, 5.41) is 0. The van der Waals surface area contributed by atoms with Gasteiger partial charge < -0.3 is 0 Å². The predicted octanol–water partition coefficient (Wildman–Crippen LogP) is 7.42. The highest BCUT2D eigenvalue weighted by molar-refractivity contribution is 7.97. The van der Waals surface area contributed by atoms with Crippen molar-refractivity contribution in [1.82, 2.24) is 0 Å². The number of aryl methyl sites for hydroxylation is 1. The Morgan fingerprint density at radius 1 is 0.630 bits per heavy atom. The Labute approximate surface area is 168 Å². The normalized spacial score (nSPS) is 14.3. The van der Waals surface area contributed by atoms with Crippen LogP contribution in [0.4, 0.5) is 0 Å². The Bertz CT molecular complexity index is 661. The smallest absolute Gasteiger partial charge is 0.209 e. The van der Waals surface area contributed by atoms with Crippen LogP contribution in [0.2, 0.25) is 0 Å². The minimum Gasteiger partial charge on any atom is -0.218 e. The number of unbranched alkanes of at least 4 members (excludes halogenated alkanes) is 12. The third kappa shape index (κ3) is 6.93. The van der Waals surface area contributed by atoms with E-state index in [1.165, 1.54) is 89.0 Å². The molecule has 0 radical (unpaired) electrons. The molecule has 0 atom stereocenters. The summed E-state index contributed by atoms with van der Waals surface area (Å²) in [6, 6.07) is 3.92. The molecule has 1 aromatic rings. The molecule has 2 rings (SSSR count). The van der Waals surface area contributed by atoms with Crippen LogP contribution in [0.1, 0.15) is 115 Å². The lowest BCUT2D eigenvalue weighted by molar-refractivity contribution is 0.555. The summed E-state index contributed by atoms with van der Waals surface area (Å²) < 4.78 is 24.3. The van der Waals surface area contributed by atoms with Gasteiger partial charge in [-0.15, -0.1) is 0 Å². The molecule has 0 bridgehead atoms. The zero-order valence-electron chi connectivity index (χ0n) is 17.7. The highest BCUT2D eigenvalue weighted by Gasteiger charge is 2.42. The molecule has 0 fully saturated rings. The van der Waals surface area contributed by atoms with Gasteiger partial charge in [-0.2, -0.15) is 0 Å². The Balaban J connectivity index is 1.72. The fraction of sp³-hybridized carbons (Fsp3) is 0.750. The van der Waals surface area contributed by atoms with Crippen LogP contribution in [-0.4, -0.2) is 8.42 Å². The Morgan fingerprint density at radius 2 is 1.11 bits per heavy atom. The molecule has 0 unspecified atom stereocenters. The number of benzene rings is 1. The van der Waals surface area contributed by atoms with Crippen LogP contribution in [0.15, 0.2) is 21.9 Å². The van der Waals surface area contributed by atoms with Crippen molar-refractivity contribution in [3.8, 4) is 0 Å². The maximum atomic E-state index is 12.2. The van der Waals surface area contributed by atoms with E-state index in [0.29, 0.717) is 9.79 Å². The van der Waals surface area contributed by atoms with Crippen molar-refractivity contribution < 1.29 is 8.42 Å². The van der Waals surface area contributed by atoms with Gasteiger partial charge in [-0.3, -0.25) is 0 Å². The molecular formula is C24H40O2S. The monoisotopic (exact) mass is 392 g/mol. The molecule has 1 aliphatic heterocycles. The van der Waals surface area contributed by atoms with E-state index < -0.39 is 9.84 Å². The van der Waals surface area contributed by atoms with Crippen molar-refractivity contribution in [1.29, 1.82) is 0 Å². The highest BCUT2D eigenvalue weighted by Crippen LogP contribution is 2.45. The average molecular weight is 393 g/mol. The van der Waals surface area contributed by atoms with Gasteiger partial charge in [0.1, 0.15) is 0 Å². The van der Waals surface area contributed by atoms with E-state index in [1.807, 2.05) is 6.07 Å². The number of sulfone groups is 1. The molecular weight excluding hydrogens is 352 g/mol. The second-order valence-corrected chi connectivity index (χ2v) is 10.1. The summed E-state index contributed by atoms with van der Waals surface area (Å²) in [4.78, 5) is 1.29. The van der Waals surface area contributed by atoms with E-state index in [9.17, 15) is 8.42 Å². The first-order valence-electron chi connectivity index (χ1n) is 11.5. The largest absolute Gasteiger partial charge is 0.218 e. The number of hydrogen-bond donors (Lipinski definition) is 0. The molecule has 2 nitrogen and oxygen atoms in total. The Hall–Kier alpha value is -0.830. The second-order valence-electron chi connectivity index (χ2n) is 8.28.